The lowest BCUT2D eigenvalue weighted by molar-refractivity contribution is 0.480. The molecule has 17 heavy (non-hydrogen) atoms. The van der Waals surface area contributed by atoms with E-state index in [0.29, 0.717) is 12.1 Å². The van der Waals surface area contributed by atoms with Gasteiger partial charge in [0, 0.05) is 31.7 Å². The first-order valence-electron chi connectivity index (χ1n) is 7.06. The Hall–Kier alpha value is 0.110. The number of hydrogen-bond donors (Lipinski definition) is 1. The third kappa shape index (κ3) is 2.76. The fourth-order valence-electron chi connectivity index (χ4n) is 2.41. The topological polar surface area (TPSA) is 35.1 Å². The molecule has 2 unspecified atom stereocenters. The number of hydrogen-bond acceptors (Lipinski definition) is 1. The van der Waals surface area contributed by atoms with Crippen LogP contribution in [0.15, 0.2) is 0 Å². The molecule has 100 valence electrons. The minimum absolute atomic E-state index is 0.549. The first-order chi connectivity index (χ1) is 8.17. The minimum atomic E-state index is -2.40. The van der Waals surface area contributed by atoms with Crippen LogP contribution in [0.5, 0.6) is 0 Å². The molecule has 2 aliphatic rings. The normalized spacial score (nSPS) is 38.8. The fourth-order valence-corrected chi connectivity index (χ4v) is 5.55. The Kier molecular flexibility index (Phi) is 4.30. The second-order valence-corrected chi connectivity index (χ2v) is 7.61. The van der Waals surface area contributed by atoms with E-state index in [-0.39, 0.29) is 0 Å². The van der Waals surface area contributed by atoms with Gasteiger partial charge in [-0.05, 0) is 19.3 Å². The van der Waals surface area contributed by atoms with Crippen LogP contribution in [0.4, 0.5) is 0 Å². The second kappa shape index (κ2) is 5.40. The lowest BCUT2D eigenvalue weighted by atomic mass is 10.3. The molecule has 2 saturated heterocycles. The minimum Gasteiger partial charge on any atom is -0.270 e. The molecule has 2 fully saturated rings. The molecular weight excluding hydrogens is 233 g/mol. The van der Waals surface area contributed by atoms with Crippen LogP contribution in [-0.2, 0) is 4.57 Å². The maximum atomic E-state index is 13.1. The molecule has 0 aromatic carbocycles. The zero-order chi connectivity index (χ0) is 12.5. The molecule has 0 radical (unpaired) electrons. The molecule has 2 heterocycles. The van der Waals surface area contributed by atoms with Crippen molar-refractivity contribution in [3.63, 3.8) is 0 Å². The van der Waals surface area contributed by atoms with E-state index >= 15 is 0 Å². The summed E-state index contributed by atoms with van der Waals surface area (Å²) in [5.74, 6) is 0. The molecule has 0 bridgehead atoms. The van der Waals surface area contributed by atoms with Crippen LogP contribution in [0.3, 0.4) is 0 Å². The lowest BCUT2D eigenvalue weighted by Gasteiger charge is -2.23. The second-order valence-electron chi connectivity index (χ2n) is 5.17. The molecule has 5 heteroatoms. The first-order valence-corrected chi connectivity index (χ1v) is 8.68. The van der Waals surface area contributed by atoms with Gasteiger partial charge in [0.05, 0.1) is 0 Å². The Bertz CT molecular complexity index is 288. The summed E-state index contributed by atoms with van der Waals surface area (Å²) in [4.78, 5) is 0. The molecule has 0 saturated carbocycles. The third-order valence-corrected chi connectivity index (χ3v) is 6.87. The van der Waals surface area contributed by atoms with Gasteiger partial charge in [0.2, 0.25) is 0 Å². The Morgan fingerprint density at radius 3 is 2.00 bits per heavy atom. The highest BCUT2D eigenvalue weighted by Crippen LogP contribution is 2.62. The zero-order valence-electron chi connectivity index (χ0n) is 11.4. The summed E-state index contributed by atoms with van der Waals surface area (Å²) in [5, 5.41) is 3.36. The van der Waals surface area contributed by atoms with Crippen molar-refractivity contribution in [2.45, 2.75) is 58.5 Å². The fraction of sp³-hybridized carbons (Fsp3) is 1.00. The maximum Gasteiger partial charge on any atom is 0.284 e. The van der Waals surface area contributed by atoms with Crippen molar-refractivity contribution in [3.05, 3.63) is 0 Å². The van der Waals surface area contributed by atoms with Crippen LogP contribution in [0.25, 0.3) is 0 Å². The summed E-state index contributed by atoms with van der Waals surface area (Å²) in [6.45, 7) is 9.44. The molecule has 0 amide bonds. The molecule has 2 rings (SSSR count). The monoisotopic (exact) mass is 259 g/mol. The van der Waals surface area contributed by atoms with Crippen molar-refractivity contribution in [2.24, 2.45) is 0 Å². The molecule has 0 spiro atoms. The summed E-state index contributed by atoms with van der Waals surface area (Å²) in [6.07, 6.45) is 4.49. The molecular formula is C12H26N3OP. The highest BCUT2D eigenvalue weighted by atomic mass is 31.2. The van der Waals surface area contributed by atoms with E-state index in [0.717, 1.165) is 45.3 Å². The van der Waals surface area contributed by atoms with Crippen LogP contribution < -0.4 is 5.09 Å². The first kappa shape index (κ1) is 13.5. The Labute approximate surface area is 105 Å². The van der Waals surface area contributed by atoms with Gasteiger partial charge in [-0.3, -0.25) is 4.57 Å². The highest BCUT2D eigenvalue weighted by molar-refractivity contribution is 7.57. The van der Waals surface area contributed by atoms with Gasteiger partial charge in [0.25, 0.3) is 7.59 Å². The van der Waals surface area contributed by atoms with E-state index in [9.17, 15) is 4.57 Å². The maximum absolute atomic E-state index is 13.1. The van der Waals surface area contributed by atoms with E-state index in [1.165, 1.54) is 0 Å². The van der Waals surface area contributed by atoms with Crippen LogP contribution >= 0.6 is 7.59 Å². The standard InChI is InChI=1S/C12H26N3OP/c1-4-7-8-13-17(16,14-9-11(14)5-2)15-10-12(15)6-3/h11-12H,4-10H2,1-3H3,(H,13,16)/t11-,12-,14?,15?,17?/m0/s1. The van der Waals surface area contributed by atoms with Gasteiger partial charge in [-0.25, -0.2) is 14.4 Å². The number of nitrogens with zero attached hydrogens (tertiary/aromatic N) is 2. The average Bonchev–Trinajstić information content (AvgIpc) is 3.20. The van der Waals surface area contributed by atoms with Crippen molar-refractivity contribution >= 4 is 7.59 Å². The van der Waals surface area contributed by atoms with Crippen molar-refractivity contribution in [1.82, 2.24) is 14.4 Å². The SMILES string of the molecule is CCCCNP(=O)(N1C[C@@H]1CC)N1C[C@@H]1CC. The van der Waals surface area contributed by atoms with E-state index in [4.69, 9.17) is 0 Å². The zero-order valence-corrected chi connectivity index (χ0v) is 12.2. The lowest BCUT2D eigenvalue weighted by Crippen LogP contribution is -2.24. The van der Waals surface area contributed by atoms with Crippen molar-refractivity contribution in [1.29, 1.82) is 0 Å². The van der Waals surface area contributed by atoms with E-state index in [2.05, 4.69) is 35.2 Å². The summed E-state index contributed by atoms with van der Waals surface area (Å²) in [7, 11) is -2.40. The van der Waals surface area contributed by atoms with E-state index in [1.54, 1.807) is 0 Å². The van der Waals surface area contributed by atoms with Crippen LogP contribution in [0, 0.1) is 0 Å². The van der Waals surface area contributed by atoms with Crippen LogP contribution in [0.1, 0.15) is 46.5 Å². The summed E-state index contributed by atoms with van der Waals surface area (Å²) in [6, 6.07) is 1.10. The van der Waals surface area contributed by atoms with Gasteiger partial charge in [-0.1, -0.05) is 27.2 Å². The Morgan fingerprint density at radius 1 is 1.12 bits per heavy atom. The van der Waals surface area contributed by atoms with Gasteiger partial charge < -0.3 is 0 Å². The highest BCUT2D eigenvalue weighted by Gasteiger charge is 2.56. The van der Waals surface area contributed by atoms with Gasteiger partial charge in [0.1, 0.15) is 0 Å². The van der Waals surface area contributed by atoms with Gasteiger partial charge in [-0.2, -0.15) is 0 Å². The quantitative estimate of drug-likeness (QED) is 0.413. The van der Waals surface area contributed by atoms with Crippen molar-refractivity contribution in [2.75, 3.05) is 19.6 Å². The number of unbranched alkanes of at least 4 members (excludes halogenated alkanes) is 1. The Balaban J connectivity index is 1.95. The third-order valence-electron chi connectivity index (χ3n) is 3.86. The number of nitrogens with one attached hydrogen (secondary N) is 1. The molecule has 4 nitrogen and oxygen atoms in total. The van der Waals surface area contributed by atoms with Crippen molar-refractivity contribution in [3.8, 4) is 0 Å². The van der Waals surface area contributed by atoms with Crippen LogP contribution in [-0.4, -0.2) is 41.1 Å². The Morgan fingerprint density at radius 2 is 1.65 bits per heavy atom. The predicted molar refractivity (Wildman–Crippen MR) is 72.1 cm³/mol. The van der Waals surface area contributed by atoms with E-state index in [1.807, 2.05) is 0 Å². The predicted octanol–water partition coefficient (Wildman–Crippen LogP) is 2.67. The van der Waals surface area contributed by atoms with Gasteiger partial charge in [-0.15, -0.1) is 0 Å². The van der Waals surface area contributed by atoms with E-state index < -0.39 is 7.59 Å². The molecule has 1 N–H and O–H groups in total. The van der Waals surface area contributed by atoms with Crippen LogP contribution in [0.2, 0.25) is 0 Å². The average molecular weight is 259 g/mol. The van der Waals surface area contributed by atoms with Gasteiger partial charge >= 0.3 is 0 Å². The largest absolute Gasteiger partial charge is 0.284 e. The molecule has 2 aliphatic heterocycles. The number of rotatable bonds is 8. The molecule has 0 aromatic rings. The summed E-state index contributed by atoms with van der Waals surface area (Å²) in [5.41, 5.74) is 0. The summed E-state index contributed by atoms with van der Waals surface area (Å²) < 4.78 is 17.5. The van der Waals surface area contributed by atoms with Gasteiger partial charge in [0.15, 0.2) is 0 Å². The molecule has 4 atom stereocenters. The van der Waals surface area contributed by atoms with Crippen molar-refractivity contribution < 1.29 is 4.57 Å². The molecule has 0 aliphatic carbocycles. The smallest absolute Gasteiger partial charge is 0.270 e. The summed E-state index contributed by atoms with van der Waals surface area (Å²) >= 11 is 0. The molecule has 0 aromatic heterocycles.